The van der Waals surface area contributed by atoms with Crippen LogP contribution in [0.1, 0.15) is 17.2 Å². The Morgan fingerprint density at radius 3 is 2.72 bits per heavy atom. The van der Waals surface area contributed by atoms with Crippen LogP contribution in [0.25, 0.3) is 0 Å². The Balaban J connectivity index is 1.90. The van der Waals surface area contributed by atoms with Gasteiger partial charge in [0.15, 0.2) is 0 Å². The normalized spacial score (nSPS) is 17.6. The van der Waals surface area contributed by atoms with Crippen LogP contribution in [0.15, 0.2) is 42.5 Å². The Labute approximate surface area is 112 Å². The molecule has 3 rings (SSSR count). The van der Waals surface area contributed by atoms with Crippen molar-refractivity contribution in [3.05, 3.63) is 58.6 Å². The van der Waals surface area contributed by atoms with Gasteiger partial charge in [-0.25, -0.2) is 0 Å². The molecule has 0 aliphatic carbocycles. The second kappa shape index (κ2) is 4.54. The summed E-state index contributed by atoms with van der Waals surface area (Å²) in [5.41, 5.74) is 3.36. The number of fused-ring (bicyclic) bond motifs is 1. The summed E-state index contributed by atoms with van der Waals surface area (Å²) in [5.74, 6) is 0.948. The summed E-state index contributed by atoms with van der Waals surface area (Å²) in [5, 5.41) is 4.16. The van der Waals surface area contributed by atoms with Gasteiger partial charge in [-0.15, -0.1) is 0 Å². The monoisotopic (exact) mass is 259 g/mol. The fourth-order valence-corrected chi connectivity index (χ4v) is 2.32. The minimum atomic E-state index is 0.0378. The van der Waals surface area contributed by atoms with Crippen LogP contribution in [0, 0.1) is 6.92 Å². The zero-order valence-electron chi connectivity index (χ0n) is 10.1. The van der Waals surface area contributed by atoms with Gasteiger partial charge in [-0.1, -0.05) is 35.9 Å². The molecule has 3 heteroatoms. The standard InChI is InChI=1S/C15H14ClNO/c1-10-3-2-4-13-15(10)18-14(9-17-13)11-5-7-12(16)8-6-11/h2-8,14,17H,9H2,1H3. The number of hydrogen-bond acceptors (Lipinski definition) is 2. The van der Waals surface area contributed by atoms with E-state index in [4.69, 9.17) is 16.3 Å². The van der Waals surface area contributed by atoms with Gasteiger partial charge in [-0.2, -0.15) is 0 Å². The van der Waals surface area contributed by atoms with Gasteiger partial charge in [-0.05, 0) is 36.2 Å². The number of aryl methyl sites for hydroxylation is 1. The molecule has 1 N–H and O–H groups in total. The molecule has 0 aromatic heterocycles. The maximum absolute atomic E-state index is 6.08. The largest absolute Gasteiger partial charge is 0.481 e. The zero-order chi connectivity index (χ0) is 12.5. The van der Waals surface area contributed by atoms with E-state index in [1.165, 1.54) is 0 Å². The van der Waals surface area contributed by atoms with E-state index in [2.05, 4.69) is 18.3 Å². The first-order chi connectivity index (χ1) is 8.74. The summed E-state index contributed by atoms with van der Waals surface area (Å²) in [4.78, 5) is 0. The first-order valence-electron chi connectivity index (χ1n) is 5.99. The van der Waals surface area contributed by atoms with Gasteiger partial charge in [0.05, 0.1) is 12.2 Å². The average molecular weight is 260 g/mol. The first kappa shape index (κ1) is 11.4. The highest BCUT2D eigenvalue weighted by Gasteiger charge is 2.21. The molecule has 1 aliphatic rings. The number of rotatable bonds is 1. The van der Waals surface area contributed by atoms with Crippen LogP contribution in [0.5, 0.6) is 5.75 Å². The molecule has 0 amide bonds. The average Bonchev–Trinajstić information content (AvgIpc) is 2.40. The lowest BCUT2D eigenvalue weighted by molar-refractivity contribution is 0.209. The molecule has 2 aromatic rings. The van der Waals surface area contributed by atoms with Crippen LogP contribution in [0.4, 0.5) is 5.69 Å². The molecule has 0 radical (unpaired) electrons. The van der Waals surface area contributed by atoms with E-state index in [-0.39, 0.29) is 6.10 Å². The van der Waals surface area contributed by atoms with Gasteiger partial charge in [0.2, 0.25) is 0 Å². The van der Waals surface area contributed by atoms with Gasteiger partial charge in [0.25, 0.3) is 0 Å². The molecule has 0 saturated heterocycles. The summed E-state index contributed by atoms with van der Waals surface area (Å²) in [6.45, 7) is 2.84. The Kier molecular flexibility index (Phi) is 2.88. The van der Waals surface area contributed by atoms with E-state index in [9.17, 15) is 0 Å². The lowest BCUT2D eigenvalue weighted by atomic mass is 10.1. The van der Waals surface area contributed by atoms with E-state index >= 15 is 0 Å². The van der Waals surface area contributed by atoms with Crippen LogP contribution in [0.2, 0.25) is 5.02 Å². The topological polar surface area (TPSA) is 21.3 Å². The highest BCUT2D eigenvalue weighted by Crippen LogP contribution is 2.36. The second-order valence-corrected chi connectivity index (χ2v) is 4.93. The third kappa shape index (κ3) is 2.04. The van der Waals surface area contributed by atoms with Crippen molar-refractivity contribution in [2.45, 2.75) is 13.0 Å². The lowest BCUT2D eigenvalue weighted by Gasteiger charge is -2.28. The third-order valence-corrected chi connectivity index (χ3v) is 3.44. The van der Waals surface area contributed by atoms with E-state index < -0.39 is 0 Å². The summed E-state index contributed by atoms with van der Waals surface area (Å²) < 4.78 is 6.08. The molecule has 0 bridgehead atoms. The first-order valence-corrected chi connectivity index (χ1v) is 6.37. The van der Waals surface area contributed by atoms with E-state index in [1.807, 2.05) is 36.4 Å². The second-order valence-electron chi connectivity index (χ2n) is 4.49. The molecule has 92 valence electrons. The maximum Gasteiger partial charge on any atom is 0.146 e. The number of anilines is 1. The fourth-order valence-electron chi connectivity index (χ4n) is 2.20. The van der Waals surface area contributed by atoms with Crippen molar-refractivity contribution >= 4 is 17.3 Å². The van der Waals surface area contributed by atoms with Gasteiger partial charge in [0.1, 0.15) is 11.9 Å². The summed E-state index contributed by atoms with van der Waals surface area (Å²) in [7, 11) is 0. The Morgan fingerprint density at radius 2 is 1.94 bits per heavy atom. The van der Waals surface area contributed by atoms with Crippen molar-refractivity contribution in [2.24, 2.45) is 0 Å². The van der Waals surface area contributed by atoms with Gasteiger partial charge < -0.3 is 10.1 Å². The number of para-hydroxylation sites is 1. The van der Waals surface area contributed by atoms with E-state index in [0.29, 0.717) is 0 Å². The molecule has 18 heavy (non-hydrogen) atoms. The minimum Gasteiger partial charge on any atom is -0.481 e. The minimum absolute atomic E-state index is 0.0378. The Hall–Kier alpha value is -1.67. The molecule has 2 aromatic carbocycles. The fraction of sp³-hybridized carbons (Fsp3) is 0.200. The predicted octanol–water partition coefficient (Wildman–Crippen LogP) is 4.19. The highest BCUT2D eigenvalue weighted by molar-refractivity contribution is 6.30. The molecular formula is C15H14ClNO. The van der Waals surface area contributed by atoms with Crippen molar-refractivity contribution in [1.29, 1.82) is 0 Å². The van der Waals surface area contributed by atoms with Gasteiger partial charge >= 0.3 is 0 Å². The molecular weight excluding hydrogens is 246 g/mol. The van der Waals surface area contributed by atoms with Gasteiger partial charge in [0, 0.05) is 5.02 Å². The van der Waals surface area contributed by atoms with Gasteiger partial charge in [-0.3, -0.25) is 0 Å². The zero-order valence-corrected chi connectivity index (χ0v) is 10.9. The maximum atomic E-state index is 6.08. The molecule has 0 fully saturated rings. The summed E-state index contributed by atoms with van der Waals surface area (Å²) >= 11 is 5.90. The third-order valence-electron chi connectivity index (χ3n) is 3.19. The number of benzene rings is 2. The lowest BCUT2D eigenvalue weighted by Crippen LogP contribution is -2.24. The molecule has 1 atom stereocenters. The van der Waals surface area contributed by atoms with Crippen LogP contribution < -0.4 is 10.1 Å². The van der Waals surface area contributed by atoms with Crippen molar-refractivity contribution in [1.82, 2.24) is 0 Å². The molecule has 0 spiro atoms. The number of halogens is 1. The predicted molar refractivity (Wildman–Crippen MR) is 74.5 cm³/mol. The Morgan fingerprint density at radius 1 is 1.17 bits per heavy atom. The van der Waals surface area contributed by atoms with Crippen molar-refractivity contribution in [3.8, 4) is 5.75 Å². The van der Waals surface area contributed by atoms with Crippen molar-refractivity contribution < 1.29 is 4.74 Å². The van der Waals surface area contributed by atoms with Crippen LogP contribution in [-0.2, 0) is 0 Å². The number of hydrogen-bond donors (Lipinski definition) is 1. The van der Waals surface area contributed by atoms with Crippen LogP contribution >= 0.6 is 11.6 Å². The van der Waals surface area contributed by atoms with Crippen LogP contribution in [-0.4, -0.2) is 6.54 Å². The summed E-state index contributed by atoms with van der Waals surface area (Å²) in [6.07, 6.45) is 0.0378. The quantitative estimate of drug-likeness (QED) is 0.829. The smallest absolute Gasteiger partial charge is 0.146 e. The molecule has 1 unspecified atom stereocenters. The highest BCUT2D eigenvalue weighted by atomic mass is 35.5. The molecule has 1 heterocycles. The van der Waals surface area contributed by atoms with E-state index in [0.717, 1.165) is 34.1 Å². The van der Waals surface area contributed by atoms with Crippen LogP contribution in [0.3, 0.4) is 0 Å². The van der Waals surface area contributed by atoms with E-state index in [1.54, 1.807) is 0 Å². The number of nitrogens with one attached hydrogen (secondary N) is 1. The Bertz CT molecular complexity index is 565. The number of ether oxygens (including phenoxy) is 1. The van der Waals surface area contributed by atoms with Crippen molar-refractivity contribution in [3.63, 3.8) is 0 Å². The summed E-state index contributed by atoms with van der Waals surface area (Å²) in [6, 6.07) is 14.0. The molecule has 1 aliphatic heterocycles. The molecule has 0 saturated carbocycles. The SMILES string of the molecule is Cc1cccc2c1OC(c1ccc(Cl)cc1)CN2. The van der Waals surface area contributed by atoms with Crippen molar-refractivity contribution in [2.75, 3.05) is 11.9 Å². The molecule has 2 nitrogen and oxygen atoms in total.